The third kappa shape index (κ3) is 1.95. The molecule has 0 amide bonds. The van der Waals surface area contributed by atoms with Crippen LogP contribution in [-0.2, 0) is 11.5 Å². The van der Waals surface area contributed by atoms with Gasteiger partial charge in [-0.1, -0.05) is 30.9 Å². The average molecular weight is 255 g/mol. The molecule has 1 fully saturated rings. The van der Waals surface area contributed by atoms with Gasteiger partial charge in [0.15, 0.2) is 0 Å². The minimum atomic E-state index is 0.558. The zero-order valence-corrected chi connectivity index (χ0v) is 10.8. The first-order valence-corrected chi connectivity index (χ1v) is 7.51. The molecule has 0 atom stereocenters. The SMILES string of the molecule is Clc1nc(C2CCCCC2)nc2c1CSC2. The average Bonchev–Trinajstić information content (AvgIpc) is 2.79. The summed E-state index contributed by atoms with van der Waals surface area (Å²) in [5.41, 5.74) is 2.36. The smallest absolute Gasteiger partial charge is 0.137 e. The fourth-order valence-corrected chi connectivity index (χ4v) is 3.96. The van der Waals surface area contributed by atoms with Crippen molar-refractivity contribution in [3.63, 3.8) is 0 Å². The van der Waals surface area contributed by atoms with Gasteiger partial charge in [0.05, 0.1) is 5.69 Å². The van der Waals surface area contributed by atoms with Crippen molar-refractivity contribution in [1.82, 2.24) is 9.97 Å². The lowest BCUT2D eigenvalue weighted by molar-refractivity contribution is 0.428. The Hall–Kier alpha value is -0.280. The van der Waals surface area contributed by atoms with E-state index in [1.54, 1.807) is 0 Å². The molecule has 2 aliphatic rings. The predicted molar refractivity (Wildman–Crippen MR) is 67.9 cm³/mol. The number of fused-ring (bicyclic) bond motifs is 1. The molecule has 1 aromatic heterocycles. The largest absolute Gasteiger partial charge is 0.236 e. The highest BCUT2D eigenvalue weighted by Gasteiger charge is 2.23. The summed E-state index contributed by atoms with van der Waals surface area (Å²) in [4.78, 5) is 9.23. The fraction of sp³-hybridized carbons (Fsp3) is 0.667. The van der Waals surface area contributed by atoms with E-state index in [-0.39, 0.29) is 0 Å². The van der Waals surface area contributed by atoms with Crippen LogP contribution in [0.4, 0.5) is 0 Å². The summed E-state index contributed by atoms with van der Waals surface area (Å²) in [6.45, 7) is 0. The standard InChI is InChI=1S/C12H15ClN2S/c13-11-9-6-16-7-10(9)14-12(15-11)8-4-2-1-3-5-8/h8H,1-7H2. The van der Waals surface area contributed by atoms with Crippen molar-refractivity contribution in [3.8, 4) is 0 Å². The molecule has 3 rings (SSSR count). The van der Waals surface area contributed by atoms with Crippen LogP contribution in [0.15, 0.2) is 0 Å². The molecule has 0 N–H and O–H groups in total. The molecule has 1 aliphatic carbocycles. The molecule has 1 aromatic rings. The zero-order chi connectivity index (χ0) is 11.0. The van der Waals surface area contributed by atoms with Gasteiger partial charge in [-0.2, -0.15) is 11.8 Å². The van der Waals surface area contributed by atoms with Gasteiger partial charge < -0.3 is 0 Å². The maximum absolute atomic E-state index is 6.23. The number of aromatic nitrogens is 2. The van der Waals surface area contributed by atoms with Crippen molar-refractivity contribution in [2.24, 2.45) is 0 Å². The molecule has 86 valence electrons. The Bertz CT molecular complexity index is 402. The molecule has 2 heterocycles. The molecule has 0 radical (unpaired) electrons. The number of thioether (sulfide) groups is 1. The summed E-state index contributed by atoms with van der Waals surface area (Å²) >= 11 is 8.12. The zero-order valence-electron chi connectivity index (χ0n) is 9.21. The second-order valence-corrected chi connectivity index (χ2v) is 5.97. The Morgan fingerprint density at radius 1 is 1.06 bits per heavy atom. The van der Waals surface area contributed by atoms with E-state index in [0.29, 0.717) is 11.1 Å². The molecule has 1 aliphatic heterocycles. The molecule has 0 saturated heterocycles. The Labute approximate surface area is 105 Å². The fourth-order valence-electron chi connectivity index (χ4n) is 2.57. The molecular weight excluding hydrogens is 240 g/mol. The molecule has 16 heavy (non-hydrogen) atoms. The van der Waals surface area contributed by atoms with Crippen LogP contribution in [0.3, 0.4) is 0 Å². The highest BCUT2D eigenvalue weighted by molar-refractivity contribution is 7.98. The van der Waals surface area contributed by atoms with Crippen molar-refractivity contribution in [3.05, 3.63) is 22.2 Å². The van der Waals surface area contributed by atoms with Gasteiger partial charge in [0.25, 0.3) is 0 Å². The minimum absolute atomic E-state index is 0.558. The van der Waals surface area contributed by atoms with E-state index in [2.05, 4.69) is 4.98 Å². The van der Waals surface area contributed by atoms with Gasteiger partial charge in [0, 0.05) is 23.0 Å². The predicted octanol–water partition coefficient (Wildman–Crippen LogP) is 3.92. The molecule has 0 spiro atoms. The molecular formula is C12H15ClN2S. The maximum atomic E-state index is 6.23. The highest BCUT2D eigenvalue weighted by Crippen LogP contribution is 2.36. The quantitative estimate of drug-likeness (QED) is 0.711. The third-order valence-corrected chi connectivity index (χ3v) is 4.80. The summed E-state index contributed by atoms with van der Waals surface area (Å²) < 4.78 is 0. The summed E-state index contributed by atoms with van der Waals surface area (Å²) in [7, 11) is 0. The van der Waals surface area contributed by atoms with E-state index in [1.165, 1.54) is 43.4 Å². The Kier molecular flexibility index (Phi) is 3.07. The Morgan fingerprint density at radius 3 is 2.69 bits per heavy atom. The van der Waals surface area contributed by atoms with E-state index in [1.807, 2.05) is 11.8 Å². The second kappa shape index (κ2) is 4.53. The van der Waals surface area contributed by atoms with Crippen LogP contribution in [0.5, 0.6) is 0 Å². The summed E-state index contributed by atoms with van der Waals surface area (Å²) in [5.74, 6) is 3.56. The lowest BCUT2D eigenvalue weighted by atomic mass is 9.88. The summed E-state index contributed by atoms with van der Waals surface area (Å²) in [5, 5.41) is 0.704. The molecule has 0 unspecified atom stereocenters. The summed E-state index contributed by atoms with van der Waals surface area (Å²) in [6, 6.07) is 0. The molecule has 4 heteroatoms. The van der Waals surface area contributed by atoms with Gasteiger partial charge in [-0.05, 0) is 12.8 Å². The summed E-state index contributed by atoms with van der Waals surface area (Å²) in [6.07, 6.45) is 6.48. The van der Waals surface area contributed by atoms with E-state index in [0.717, 1.165) is 17.3 Å². The third-order valence-electron chi connectivity index (χ3n) is 3.52. The first-order valence-electron chi connectivity index (χ1n) is 5.97. The van der Waals surface area contributed by atoms with Crippen LogP contribution < -0.4 is 0 Å². The van der Waals surface area contributed by atoms with E-state index in [4.69, 9.17) is 16.6 Å². The van der Waals surface area contributed by atoms with Gasteiger partial charge in [0.2, 0.25) is 0 Å². The van der Waals surface area contributed by atoms with Crippen LogP contribution in [0.1, 0.15) is 55.1 Å². The lowest BCUT2D eigenvalue weighted by Gasteiger charge is -2.20. The van der Waals surface area contributed by atoms with E-state index in [9.17, 15) is 0 Å². The van der Waals surface area contributed by atoms with Crippen molar-refractivity contribution >= 4 is 23.4 Å². The van der Waals surface area contributed by atoms with Crippen LogP contribution >= 0.6 is 23.4 Å². The number of nitrogens with zero attached hydrogens (tertiary/aromatic N) is 2. The van der Waals surface area contributed by atoms with Crippen LogP contribution in [0, 0.1) is 0 Å². The molecule has 2 nitrogen and oxygen atoms in total. The van der Waals surface area contributed by atoms with Crippen molar-refractivity contribution < 1.29 is 0 Å². The molecule has 0 aromatic carbocycles. The number of hydrogen-bond donors (Lipinski definition) is 0. The highest BCUT2D eigenvalue weighted by atomic mass is 35.5. The second-order valence-electron chi connectivity index (χ2n) is 4.63. The number of rotatable bonds is 1. The molecule has 0 bridgehead atoms. The van der Waals surface area contributed by atoms with Crippen molar-refractivity contribution in [2.75, 3.05) is 0 Å². The Balaban J connectivity index is 1.92. The van der Waals surface area contributed by atoms with Crippen LogP contribution in [0.25, 0.3) is 0 Å². The Morgan fingerprint density at radius 2 is 1.88 bits per heavy atom. The van der Waals surface area contributed by atoms with E-state index < -0.39 is 0 Å². The minimum Gasteiger partial charge on any atom is -0.236 e. The lowest BCUT2D eigenvalue weighted by Crippen LogP contribution is -2.10. The van der Waals surface area contributed by atoms with Gasteiger partial charge in [-0.3, -0.25) is 0 Å². The number of hydrogen-bond acceptors (Lipinski definition) is 3. The normalized spacial score (nSPS) is 21.1. The molecule has 1 saturated carbocycles. The monoisotopic (exact) mass is 254 g/mol. The van der Waals surface area contributed by atoms with Crippen molar-refractivity contribution in [1.29, 1.82) is 0 Å². The van der Waals surface area contributed by atoms with Crippen LogP contribution in [-0.4, -0.2) is 9.97 Å². The number of halogens is 1. The first kappa shape index (κ1) is 10.8. The van der Waals surface area contributed by atoms with Gasteiger partial charge in [-0.25, -0.2) is 9.97 Å². The van der Waals surface area contributed by atoms with Gasteiger partial charge >= 0.3 is 0 Å². The first-order chi connectivity index (χ1) is 7.84. The van der Waals surface area contributed by atoms with Crippen LogP contribution in [0.2, 0.25) is 5.15 Å². The van der Waals surface area contributed by atoms with Gasteiger partial charge in [-0.15, -0.1) is 0 Å². The van der Waals surface area contributed by atoms with E-state index >= 15 is 0 Å². The topological polar surface area (TPSA) is 25.8 Å². The van der Waals surface area contributed by atoms with Crippen molar-refractivity contribution in [2.45, 2.75) is 49.5 Å². The maximum Gasteiger partial charge on any atom is 0.137 e. The van der Waals surface area contributed by atoms with Gasteiger partial charge in [0.1, 0.15) is 11.0 Å².